The van der Waals surface area contributed by atoms with Crippen molar-refractivity contribution in [2.24, 2.45) is 0 Å². The second-order valence-corrected chi connectivity index (χ2v) is 10.9. The van der Waals surface area contributed by atoms with Crippen LogP contribution in [0.15, 0.2) is 71.9 Å². The van der Waals surface area contributed by atoms with Crippen LogP contribution >= 0.6 is 0 Å². The Bertz CT molecular complexity index is 428. The van der Waals surface area contributed by atoms with Crippen molar-refractivity contribution in [1.29, 1.82) is 0 Å². The molecule has 0 aromatic rings. The molecular formula is C18H22Hf. The van der Waals surface area contributed by atoms with Crippen LogP contribution in [0.4, 0.5) is 0 Å². The van der Waals surface area contributed by atoms with E-state index in [1.54, 1.807) is 0 Å². The molecule has 0 amide bonds. The maximum atomic E-state index is 2.47. The van der Waals surface area contributed by atoms with Crippen molar-refractivity contribution in [2.75, 3.05) is 0 Å². The molecule has 0 aliphatic heterocycles. The average Bonchev–Trinajstić information content (AvgIpc) is 3.04. The van der Waals surface area contributed by atoms with Gasteiger partial charge in [0.15, 0.2) is 0 Å². The van der Waals surface area contributed by atoms with Gasteiger partial charge in [-0.1, -0.05) is 0 Å². The van der Waals surface area contributed by atoms with Crippen LogP contribution in [0.2, 0.25) is 7.35 Å². The van der Waals surface area contributed by atoms with E-state index in [-0.39, 0.29) is 0 Å². The Morgan fingerprint density at radius 3 is 1.79 bits per heavy atom. The van der Waals surface area contributed by atoms with E-state index in [4.69, 9.17) is 0 Å². The molecule has 0 aromatic carbocycles. The molecule has 0 aromatic heterocycles. The van der Waals surface area contributed by atoms with Crippen LogP contribution in [-0.4, -0.2) is 0 Å². The summed E-state index contributed by atoms with van der Waals surface area (Å²) in [5.41, 5.74) is 2.83. The fourth-order valence-corrected chi connectivity index (χ4v) is 7.39. The van der Waals surface area contributed by atoms with Gasteiger partial charge in [0.1, 0.15) is 0 Å². The minimum absolute atomic E-state index is 0.674. The molecule has 98 valence electrons. The maximum absolute atomic E-state index is 2.47. The van der Waals surface area contributed by atoms with Gasteiger partial charge in [0.25, 0.3) is 0 Å². The molecule has 0 fully saturated rings. The van der Waals surface area contributed by atoms with Gasteiger partial charge in [-0.25, -0.2) is 0 Å². The third-order valence-corrected chi connectivity index (χ3v) is 8.56. The summed E-state index contributed by atoms with van der Waals surface area (Å²) in [6.07, 6.45) is 25.6. The second-order valence-electron chi connectivity index (χ2n) is 4.89. The monoisotopic (exact) mass is 418 g/mol. The zero-order chi connectivity index (χ0) is 13.5. The van der Waals surface area contributed by atoms with Crippen LogP contribution in [0, 0.1) is 0 Å². The van der Waals surface area contributed by atoms with E-state index in [2.05, 4.69) is 74.6 Å². The molecule has 0 spiro atoms. The minimum atomic E-state index is -0.674. The summed E-state index contributed by atoms with van der Waals surface area (Å²) in [6, 6.07) is 0. The third kappa shape index (κ3) is 4.72. The van der Waals surface area contributed by atoms with E-state index in [9.17, 15) is 0 Å². The molecule has 0 heterocycles. The van der Waals surface area contributed by atoms with E-state index in [0.29, 0.717) is 0 Å². The first kappa shape index (κ1) is 14.7. The molecule has 19 heavy (non-hydrogen) atoms. The van der Waals surface area contributed by atoms with Gasteiger partial charge < -0.3 is 0 Å². The van der Waals surface area contributed by atoms with Gasteiger partial charge in [0, 0.05) is 0 Å². The molecule has 2 aliphatic rings. The van der Waals surface area contributed by atoms with Crippen molar-refractivity contribution in [1.82, 2.24) is 0 Å². The van der Waals surface area contributed by atoms with Crippen LogP contribution in [-0.2, 0) is 22.9 Å². The van der Waals surface area contributed by atoms with Crippen LogP contribution in [0.5, 0.6) is 0 Å². The summed E-state index contributed by atoms with van der Waals surface area (Å²) < 4.78 is 1.58. The van der Waals surface area contributed by atoms with Gasteiger partial charge in [-0.3, -0.25) is 0 Å². The second kappa shape index (κ2) is 7.79. The number of hydrogen-bond donors (Lipinski definition) is 0. The first-order valence-electron chi connectivity index (χ1n) is 7.21. The zero-order valence-electron chi connectivity index (χ0n) is 11.8. The van der Waals surface area contributed by atoms with Crippen molar-refractivity contribution in [3.05, 3.63) is 71.9 Å². The van der Waals surface area contributed by atoms with Gasteiger partial charge in [-0.15, -0.1) is 0 Å². The Kier molecular flexibility index (Phi) is 6.03. The van der Waals surface area contributed by atoms with Crippen LogP contribution in [0.25, 0.3) is 0 Å². The summed E-state index contributed by atoms with van der Waals surface area (Å²) in [4.78, 5) is 0. The predicted octanol–water partition coefficient (Wildman–Crippen LogP) is 5.57. The van der Waals surface area contributed by atoms with Gasteiger partial charge in [0.05, 0.1) is 0 Å². The summed E-state index contributed by atoms with van der Waals surface area (Å²) in [5.74, 6) is 0. The Morgan fingerprint density at radius 1 is 0.895 bits per heavy atom. The van der Waals surface area contributed by atoms with Crippen molar-refractivity contribution in [3.63, 3.8) is 0 Å². The predicted molar refractivity (Wildman–Crippen MR) is 80.8 cm³/mol. The number of hydrogen-bond acceptors (Lipinski definition) is 0. The standard InChI is InChI=1S/2C9H11.Hf/c2*1-2-3-6-9-7-4-5-8-9;/h2*3-8H,2H2,1H3;. The Labute approximate surface area is 128 Å². The van der Waals surface area contributed by atoms with E-state index in [0.717, 1.165) is 20.2 Å². The SMILES string of the molecule is CCC=CC1=C[CH]([Hf][CH]2C=CC(C=CCC)=C2)C=C1. The van der Waals surface area contributed by atoms with Gasteiger partial charge >= 0.3 is 129 Å². The summed E-state index contributed by atoms with van der Waals surface area (Å²) in [6.45, 7) is 4.37. The zero-order valence-corrected chi connectivity index (χ0v) is 15.4. The molecule has 2 rings (SSSR count). The van der Waals surface area contributed by atoms with E-state index in [1.165, 1.54) is 11.1 Å². The van der Waals surface area contributed by atoms with Gasteiger partial charge in [-0.05, 0) is 0 Å². The Hall–Kier alpha value is -0.690. The summed E-state index contributed by atoms with van der Waals surface area (Å²) in [5, 5.41) is 0. The molecule has 2 aliphatic carbocycles. The molecule has 1 heteroatoms. The molecule has 0 N–H and O–H groups in total. The number of allylic oxidation sites excluding steroid dienone is 12. The normalized spacial score (nSPS) is 25.6. The molecule has 2 unspecified atom stereocenters. The van der Waals surface area contributed by atoms with Crippen molar-refractivity contribution >= 4 is 0 Å². The van der Waals surface area contributed by atoms with Gasteiger partial charge in [-0.2, -0.15) is 0 Å². The quantitative estimate of drug-likeness (QED) is 0.496. The van der Waals surface area contributed by atoms with Crippen molar-refractivity contribution in [3.8, 4) is 0 Å². The summed E-state index contributed by atoms with van der Waals surface area (Å²) >= 11 is -0.674. The Morgan fingerprint density at radius 2 is 1.37 bits per heavy atom. The number of rotatable bonds is 6. The fourth-order valence-electron chi connectivity index (χ4n) is 2.23. The molecular weight excluding hydrogens is 395 g/mol. The molecule has 0 nitrogen and oxygen atoms in total. The first-order chi connectivity index (χ1) is 9.31. The third-order valence-electron chi connectivity index (χ3n) is 3.21. The van der Waals surface area contributed by atoms with Crippen molar-refractivity contribution in [2.45, 2.75) is 34.0 Å². The molecule has 0 saturated heterocycles. The van der Waals surface area contributed by atoms with Gasteiger partial charge in [0.2, 0.25) is 0 Å². The molecule has 0 radical (unpaired) electrons. The van der Waals surface area contributed by atoms with Crippen LogP contribution in [0.3, 0.4) is 0 Å². The molecule has 0 bridgehead atoms. The van der Waals surface area contributed by atoms with Crippen molar-refractivity contribution < 1.29 is 22.9 Å². The Balaban J connectivity index is 1.88. The molecule has 2 atom stereocenters. The van der Waals surface area contributed by atoms with E-state index in [1.807, 2.05) is 0 Å². The fraction of sp³-hybridized carbons (Fsp3) is 0.333. The van der Waals surface area contributed by atoms with Crippen LogP contribution in [0.1, 0.15) is 26.7 Å². The topological polar surface area (TPSA) is 0 Å². The van der Waals surface area contributed by atoms with E-state index >= 15 is 0 Å². The first-order valence-corrected chi connectivity index (χ1v) is 11.4. The average molecular weight is 417 g/mol. The summed E-state index contributed by atoms with van der Waals surface area (Å²) in [7, 11) is 0. The van der Waals surface area contributed by atoms with E-state index < -0.39 is 22.9 Å². The van der Waals surface area contributed by atoms with Crippen LogP contribution < -0.4 is 0 Å². The molecule has 0 saturated carbocycles.